The lowest BCUT2D eigenvalue weighted by Gasteiger charge is -2.29. The van der Waals surface area contributed by atoms with E-state index in [1.165, 1.54) is 0 Å². The van der Waals surface area contributed by atoms with E-state index >= 15 is 0 Å². The molecule has 0 amide bonds. The maximum atomic E-state index is 5.89. The highest BCUT2D eigenvalue weighted by Crippen LogP contribution is 2.25. The Morgan fingerprint density at radius 3 is 2.38 bits per heavy atom. The van der Waals surface area contributed by atoms with E-state index in [0.717, 1.165) is 49.1 Å². The van der Waals surface area contributed by atoms with Crippen LogP contribution >= 0.6 is 0 Å². The van der Waals surface area contributed by atoms with Gasteiger partial charge >= 0.3 is 0 Å². The van der Waals surface area contributed by atoms with Gasteiger partial charge in [-0.2, -0.15) is 0 Å². The molecule has 2 heterocycles. The van der Waals surface area contributed by atoms with Crippen LogP contribution in [-0.2, 0) is 0 Å². The molecular formula is C18H24N4O2. The molecule has 1 aliphatic rings. The molecule has 1 aliphatic heterocycles. The van der Waals surface area contributed by atoms with Crippen LogP contribution in [0.4, 0.5) is 5.82 Å². The number of anilines is 1. The molecule has 0 bridgehead atoms. The maximum absolute atomic E-state index is 5.89. The number of benzene rings is 1. The summed E-state index contributed by atoms with van der Waals surface area (Å²) in [5.41, 5.74) is 1.84. The average molecular weight is 328 g/mol. The number of nitrogens with one attached hydrogen (secondary N) is 1. The standard InChI is InChI=1S/C18H24N4O2/c1-14-15(2)21-18(17(20-14)22-10-8-19-9-11-22)24-13-12-23-16-6-4-3-5-7-16/h3-7,19H,8-13H2,1-2H3. The van der Waals surface area contributed by atoms with Gasteiger partial charge in [-0.05, 0) is 26.0 Å². The fourth-order valence-electron chi connectivity index (χ4n) is 2.56. The molecule has 3 rings (SSSR count). The molecular weight excluding hydrogens is 304 g/mol. The quantitative estimate of drug-likeness (QED) is 0.818. The lowest BCUT2D eigenvalue weighted by atomic mass is 10.3. The summed E-state index contributed by atoms with van der Waals surface area (Å²) in [5.74, 6) is 2.27. The Labute approximate surface area is 142 Å². The Morgan fingerprint density at radius 1 is 0.958 bits per heavy atom. The first-order chi connectivity index (χ1) is 11.7. The van der Waals surface area contributed by atoms with Crippen LogP contribution in [0.5, 0.6) is 11.6 Å². The number of aryl methyl sites for hydroxylation is 2. The molecule has 0 aliphatic carbocycles. The highest BCUT2D eigenvalue weighted by atomic mass is 16.5. The highest BCUT2D eigenvalue weighted by molar-refractivity contribution is 5.50. The molecule has 128 valence electrons. The van der Waals surface area contributed by atoms with Gasteiger partial charge in [-0.3, -0.25) is 0 Å². The second kappa shape index (κ2) is 7.97. The van der Waals surface area contributed by atoms with Crippen molar-refractivity contribution in [2.75, 3.05) is 44.3 Å². The van der Waals surface area contributed by atoms with Gasteiger partial charge in [0.25, 0.3) is 5.88 Å². The second-order valence-corrected chi connectivity index (χ2v) is 5.77. The summed E-state index contributed by atoms with van der Waals surface area (Å²) in [7, 11) is 0. The van der Waals surface area contributed by atoms with Crippen molar-refractivity contribution in [1.82, 2.24) is 15.3 Å². The minimum Gasteiger partial charge on any atom is -0.490 e. The van der Waals surface area contributed by atoms with Gasteiger partial charge in [-0.25, -0.2) is 9.97 Å². The molecule has 1 N–H and O–H groups in total. The molecule has 1 aromatic heterocycles. The van der Waals surface area contributed by atoms with Crippen LogP contribution < -0.4 is 19.7 Å². The largest absolute Gasteiger partial charge is 0.490 e. The molecule has 0 spiro atoms. The SMILES string of the molecule is Cc1nc(OCCOc2ccccc2)c(N2CCNCC2)nc1C. The lowest BCUT2D eigenvalue weighted by Crippen LogP contribution is -2.44. The van der Waals surface area contributed by atoms with Crippen LogP contribution in [0.1, 0.15) is 11.4 Å². The van der Waals surface area contributed by atoms with E-state index in [-0.39, 0.29) is 0 Å². The Hall–Kier alpha value is -2.34. The van der Waals surface area contributed by atoms with Crippen molar-refractivity contribution in [2.24, 2.45) is 0 Å². The van der Waals surface area contributed by atoms with Crippen molar-refractivity contribution in [3.8, 4) is 11.6 Å². The third kappa shape index (κ3) is 4.14. The highest BCUT2D eigenvalue weighted by Gasteiger charge is 2.19. The maximum Gasteiger partial charge on any atom is 0.258 e. The van der Waals surface area contributed by atoms with Gasteiger partial charge < -0.3 is 19.7 Å². The number of hydrogen-bond acceptors (Lipinski definition) is 6. The summed E-state index contributed by atoms with van der Waals surface area (Å²) in [4.78, 5) is 11.5. The van der Waals surface area contributed by atoms with Crippen molar-refractivity contribution in [1.29, 1.82) is 0 Å². The van der Waals surface area contributed by atoms with E-state index in [1.54, 1.807) is 0 Å². The first kappa shape index (κ1) is 16.5. The number of nitrogens with zero attached hydrogens (tertiary/aromatic N) is 3. The summed E-state index contributed by atoms with van der Waals surface area (Å²) in [6, 6.07) is 9.73. The summed E-state index contributed by atoms with van der Waals surface area (Å²) in [6.07, 6.45) is 0. The number of ether oxygens (including phenoxy) is 2. The topological polar surface area (TPSA) is 59.5 Å². The van der Waals surface area contributed by atoms with Crippen molar-refractivity contribution < 1.29 is 9.47 Å². The van der Waals surface area contributed by atoms with Crippen LogP contribution in [0.25, 0.3) is 0 Å². The molecule has 24 heavy (non-hydrogen) atoms. The Bertz CT molecular complexity index is 658. The Balaban J connectivity index is 1.64. The average Bonchev–Trinajstić information content (AvgIpc) is 2.63. The number of hydrogen-bond donors (Lipinski definition) is 1. The van der Waals surface area contributed by atoms with Crippen molar-refractivity contribution >= 4 is 5.82 Å². The third-order valence-electron chi connectivity index (χ3n) is 4.01. The molecule has 0 unspecified atom stereocenters. The zero-order valence-electron chi connectivity index (χ0n) is 14.3. The predicted octanol–water partition coefficient (Wildman–Crippen LogP) is 1.96. The Morgan fingerprint density at radius 2 is 1.62 bits per heavy atom. The van der Waals surface area contributed by atoms with Crippen molar-refractivity contribution in [2.45, 2.75) is 13.8 Å². The van der Waals surface area contributed by atoms with Crippen molar-refractivity contribution in [3.05, 3.63) is 41.7 Å². The molecule has 0 atom stereocenters. The first-order valence-corrected chi connectivity index (χ1v) is 8.35. The molecule has 0 radical (unpaired) electrons. The third-order valence-corrected chi connectivity index (χ3v) is 4.01. The van der Waals surface area contributed by atoms with Crippen molar-refractivity contribution in [3.63, 3.8) is 0 Å². The van der Waals surface area contributed by atoms with E-state index in [4.69, 9.17) is 14.5 Å². The molecule has 2 aromatic rings. The van der Waals surface area contributed by atoms with Gasteiger partial charge in [-0.15, -0.1) is 0 Å². The van der Waals surface area contributed by atoms with Crippen LogP contribution in [0, 0.1) is 13.8 Å². The smallest absolute Gasteiger partial charge is 0.258 e. The lowest BCUT2D eigenvalue weighted by molar-refractivity contribution is 0.211. The van der Waals surface area contributed by atoms with Crippen LogP contribution in [0.3, 0.4) is 0 Å². The second-order valence-electron chi connectivity index (χ2n) is 5.77. The summed E-state index contributed by atoms with van der Waals surface area (Å²) < 4.78 is 11.6. The summed E-state index contributed by atoms with van der Waals surface area (Å²) >= 11 is 0. The van der Waals surface area contributed by atoms with Gasteiger partial charge in [-0.1, -0.05) is 18.2 Å². The first-order valence-electron chi connectivity index (χ1n) is 8.35. The fraction of sp³-hybridized carbons (Fsp3) is 0.444. The molecule has 1 saturated heterocycles. The Kier molecular flexibility index (Phi) is 5.48. The van der Waals surface area contributed by atoms with E-state index in [9.17, 15) is 0 Å². The van der Waals surface area contributed by atoms with Gasteiger partial charge in [0.1, 0.15) is 19.0 Å². The minimum atomic E-state index is 0.436. The zero-order chi connectivity index (χ0) is 16.8. The molecule has 6 nitrogen and oxygen atoms in total. The number of rotatable bonds is 6. The molecule has 6 heteroatoms. The number of aromatic nitrogens is 2. The number of piperazine rings is 1. The molecule has 1 aromatic carbocycles. The van der Waals surface area contributed by atoms with Gasteiger partial charge in [0.15, 0.2) is 5.82 Å². The normalized spacial score (nSPS) is 14.5. The number of para-hydroxylation sites is 1. The predicted molar refractivity (Wildman–Crippen MR) is 94.0 cm³/mol. The van der Waals surface area contributed by atoms with Gasteiger partial charge in [0.2, 0.25) is 0 Å². The van der Waals surface area contributed by atoms with Crippen LogP contribution in [-0.4, -0.2) is 49.4 Å². The monoisotopic (exact) mass is 328 g/mol. The zero-order valence-corrected chi connectivity index (χ0v) is 14.3. The molecule has 0 saturated carbocycles. The van der Waals surface area contributed by atoms with Crippen LogP contribution in [0.15, 0.2) is 30.3 Å². The summed E-state index contributed by atoms with van der Waals surface area (Å²) in [5, 5.41) is 3.35. The summed E-state index contributed by atoms with van der Waals surface area (Å²) in [6.45, 7) is 8.57. The van der Waals surface area contributed by atoms with Gasteiger partial charge in [0.05, 0.1) is 11.4 Å². The van der Waals surface area contributed by atoms with E-state index < -0.39 is 0 Å². The van der Waals surface area contributed by atoms with Crippen LogP contribution in [0.2, 0.25) is 0 Å². The van der Waals surface area contributed by atoms with E-state index in [0.29, 0.717) is 19.1 Å². The van der Waals surface area contributed by atoms with E-state index in [1.807, 2.05) is 44.2 Å². The van der Waals surface area contributed by atoms with Gasteiger partial charge in [0, 0.05) is 26.2 Å². The molecule has 1 fully saturated rings. The minimum absolute atomic E-state index is 0.436. The fourth-order valence-corrected chi connectivity index (χ4v) is 2.56. The van der Waals surface area contributed by atoms with E-state index in [2.05, 4.69) is 15.2 Å².